The second-order valence-corrected chi connectivity index (χ2v) is 6.62. The average Bonchev–Trinajstić information content (AvgIpc) is 2.30. The van der Waals surface area contributed by atoms with Crippen molar-refractivity contribution in [2.24, 2.45) is 0 Å². The number of carbonyl (C=O) groups is 1. The van der Waals surface area contributed by atoms with Crippen LogP contribution in [0, 0.1) is 0 Å². The Morgan fingerprint density at radius 1 is 1.24 bits per heavy atom. The molecule has 0 saturated heterocycles. The maximum atomic E-state index is 11.7. The Bertz CT molecular complexity index is 599. The monoisotopic (exact) mass is 358 g/mol. The quantitative estimate of drug-likeness (QED) is 0.381. The minimum Gasteiger partial charge on any atom is -0.726 e. The molecule has 21 heavy (non-hydrogen) atoms. The van der Waals surface area contributed by atoms with Gasteiger partial charge in [-0.3, -0.25) is 8.98 Å². The summed E-state index contributed by atoms with van der Waals surface area (Å²) in [6.07, 6.45) is 0. The van der Waals surface area contributed by atoms with Gasteiger partial charge in [0.1, 0.15) is 0 Å². The van der Waals surface area contributed by atoms with Crippen LogP contribution in [0.5, 0.6) is 0 Å². The number of quaternary nitrogens is 1. The van der Waals surface area contributed by atoms with Crippen molar-refractivity contribution < 1.29 is 26.5 Å². The van der Waals surface area contributed by atoms with E-state index in [1.54, 1.807) is 18.2 Å². The van der Waals surface area contributed by atoms with Crippen LogP contribution in [0.4, 0.5) is 0 Å². The van der Waals surface area contributed by atoms with E-state index in [1.807, 2.05) is 21.1 Å². The van der Waals surface area contributed by atoms with Crippen LogP contribution in [-0.4, -0.2) is 51.7 Å². The summed E-state index contributed by atoms with van der Waals surface area (Å²) in [5, 5.41) is 0.823. The molecule has 0 bridgehead atoms. The van der Waals surface area contributed by atoms with E-state index >= 15 is 0 Å². The molecule has 10 heteroatoms. The molecule has 7 nitrogen and oxygen atoms in total. The lowest BCUT2D eigenvalue weighted by Crippen LogP contribution is -2.51. The minimum absolute atomic E-state index is 0.180. The highest BCUT2D eigenvalue weighted by molar-refractivity contribution is 7.80. The lowest BCUT2D eigenvalue weighted by Gasteiger charge is -2.23. The highest BCUT2D eigenvalue weighted by atomic mass is 35.5. The fraction of sp³-hybridized carbons (Fsp3) is 0.364. The van der Waals surface area contributed by atoms with Gasteiger partial charge in [-0.1, -0.05) is 23.2 Å². The topological polar surface area (TPSA) is 95.5 Å². The molecule has 0 saturated carbocycles. The van der Waals surface area contributed by atoms with Crippen molar-refractivity contribution in [1.82, 2.24) is 5.43 Å². The molecule has 1 rings (SSSR count). The van der Waals surface area contributed by atoms with E-state index in [1.165, 1.54) is 0 Å². The van der Waals surface area contributed by atoms with Gasteiger partial charge in [0, 0.05) is 5.56 Å². The van der Waals surface area contributed by atoms with Gasteiger partial charge >= 0.3 is 0 Å². The van der Waals surface area contributed by atoms with Gasteiger partial charge in [-0.25, -0.2) is 13.0 Å². The zero-order valence-electron chi connectivity index (χ0n) is 11.9. The average molecular weight is 359 g/mol. The lowest BCUT2D eigenvalue weighted by atomic mass is 10.2. The molecule has 1 amide bonds. The first-order valence-corrected chi connectivity index (χ1v) is 7.55. The van der Waals surface area contributed by atoms with Gasteiger partial charge in [0.25, 0.3) is 5.91 Å². The molecule has 0 aliphatic carbocycles. The van der Waals surface area contributed by atoms with Crippen molar-refractivity contribution in [3.8, 4) is 0 Å². The smallest absolute Gasteiger partial charge is 0.295 e. The number of amides is 1. The van der Waals surface area contributed by atoms with Gasteiger partial charge in [-0.2, -0.15) is 5.43 Å². The summed E-state index contributed by atoms with van der Waals surface area (Å²) in [5.74, 6) is -0.180. The Kier molecular flexibility index (Phi) is 7.58. The highest BCUT2D eigenvalue weighted by Crippen LogP contribution is 2.22. The summed E-state index contributed by atoms with van der Waals surface area (Å²) in [6, 6.07) is 4.79. The minimum atomic E-state index is -4.41. The third-order valence-corrected chi connectivity index (χ3v) is 2.97. The summed E-state index contributed by atoms with van der Waals surface area (Å²) >= 11 is 11.6. The zero-order chi connectivity index (χ0) is 16.8. The first-order valence-electron chi connectivity index (χ1n) is 5.46. The summed E-state index contributed by atoms with van der Waals surface area (Å²) in [5.41, 5.74) is 3.28. The van der Waals surface area contributed by atoms with Crippen LogP contribution in [-0.2, 0) is 14.6 Å². The van der Waals surface area contributed by atoms with Crippen LogP contribution in [0.15, 0.2) is 18.2 Å². The van der Waals surface area contributed by atoms with E-state index in [0.29, 0.717) is 20.2 Å². The molecule has 0 fully saturated rings. The number of hydrogen-bond acceptors (Lipinski definition) is 5. The van der Waals surface area contributed by atoms with E-state index in [9.17, 15) is 17.8 Å². The normalized spacial score (nSPS) is 11.4. The largest absolute Gasteiger partial charge is 0.726 e. The number of halogens is 2. The second kappa shape index (κ2) is 7.92. The number of carbonyl (C=O) groups excluding carboxylic acids is 1. The molecular weight excluding hydrogens is 343 g/mol. The highest BCUT2D eigenvalue weighted by Gasteiger charge is 2.15. The van der Waals surface area contributed by atoms with Gasteiger partial charge in [0.05, 0.1) is 38.3 Å². The van der Waals surface area contributed by atoms with Crippen LogP contribution in [0.2, 0.25) is 10.0 Å². The van der Waals surface area contributed by atoms with Crippen LogP contribution in [0.1, 0.15) is 10.4 Å². The first kappa shape index (κ1) is 20.1. The van der Waals surface area contributed by atoms with E-state index < -0.39 is 10.4 Å². The predicted octanol–water partition coefficient (Wildman–Crippen LogP) is 1.44. The number of nitrogens with zero attached hydrogens (tertiary/aromatic N) is 1. The summed E-state index contributed by atoms with van der Waals surface area (Å²) < 4.78 is 31.4. The second-order valence-electron chi connectivity index (χ2n) is 4.66. The van der Waals surface area contributed by atoms with Crippen molar-refractivity contribution in [3.05, 3.63) is 33.8 Å². The molecule has 1 N–H and O–H groups in total. The Hall–Kier alpha value is -0.900. The van der Waals surface area contributed by atoms with Crippen molar-refractivity contribution >= 4 is 39.5 Å². The standard InChI is InChI=1S/C10H12Cl2N2O.CH4O4S/c1-14(2,3)13-10(15)7-4-5-8(11)9(12)6-7;1-5-6(2,3)4/h4-6H,1-3H3;1H3,(H,2,3,4). The van der Waals surface area contributed by atoms with E-state index in [0.717, 1.165) is 7.11 Å². The summed E-state index contributed by atoms with van der Waals surface area (Å²) in [7, 11) is 1.97. The Labute approximate surface area is 133 Å². The van der Waals surface area contributed by atoms with Crippen molar-refractivity contribution in [2.75, 3.05) is 28.3 Å². The van der Waals surface area contributed by atoms with Crippen LogP contribution < -0.4 is 5.43 Å². The number of hydrogen-bond donors (Lipinski definition) is 1. The fourth-order valence-electron chi connectivity index (χ4n) is 1.01. The molecular formula is C11H16Cl2N2O5S. The molecule has 0 aliphatic heterocycles. The molecule has 1 aromatic rings. The van der Waals surface area contributed by atoms with E-state index in [4.69, 9.17) is 23.2 Å². The third kappa shape index (κ3) is 9.62. The van der Waals surface area contributed by atoms with Gasteiger partial charge < -0.3 is 4.55 Å². The number of nitrogens with one attached hydrogen (secondary N) is 1. The van der Waals surface area contributed by atoms with E-state index in [-0.39, 0.29) is 5.91 Å². The molecule has 0 heterocycles. The Morgan fingerprint density at radius 2 is 1.71 bits per heavy atom. The molecule has 0 aliphatic rings. The van der Waals surface area contributed by atoms with Crippen LogP contribution in [0.3, 0.4) is 0 Å². The van der Waals surface area contributed by atoms with Gasteiger partial charge in [0.2, 0.25) is 10.4 Å². The summed E-state index contributed by atoms with van der Waals surface area (Å²) in [4.78, 5) is 11.7. The van der Waals surface area contributed by atoms with Crippen molar-refractivity contribution in [1.29, 1.82) is 0 Å². The SMILES string of the molecule is COS(=O)(=O)[O-].C[N+](C)(C)NC(=O)c1ccc(Cl)c(Cl)c1. The lowest BCUT2D eigenvalue weighted by molar-refractivity contribution is -0.905. The van der Waals surface area contributed by atoms with Gasteiger partial charge in [0.15, 0.2) is 0 Å². The van der Waals surface area contributed by atoms with Gasteiger partial charge in [-0.05, 0) is 18.2 Å². The molecule has 0 aromatic heterocycles. The fourth-order valence-corrected chi connectivity index (χ4v) is 1.30. The molecule has 0 spiro atoms. The number of benzene rings is 1. The third-order valence-electron chi connectivity index (χ3n) is 1.82. The Balaban J connectivity index is 0.000000567. The number of rotatable bonds is 3. The Morgan fingerprint density at radius 3 is 2.05 bits per heavy atom. The maximum absolute atomic E-state index is 11.7. The van der Waals surface area contributed by atoms with Crippen molar-refractivity contribution in [3.63, 3.8) is 0 Å². The molecule has 120 valence electrons. The molecule has 0 unspecified atom stereocenters. The van der Waals surface area contributed by atoms with Crippen LogP contribution >= 0.6 is 23.2 Å². The van der Waals surface area contributed by atoms with Crippen LogP contribution in [0.25, 0.3) is 0 Å². The molecule has 1 aromatic carbocycles. The van der Waals surface area contributed by atoms with Crippen molar-refractivity contribution in [2.45, 2.75) is 0 Å². The molecule has 0 radical (unpaired) electrons. The first-order chi connectivity index (χ1) is 9.35. The summed E-state index contributed by atoms with van der Waals surface area (Å²) in [6.45, 7) is 0. The predicted molar refractivity (Wildman–Crippen MR) is 78.7 cm³/mol. The van der Waals surface area contributed by atoms with E-state index in [2.05, 4.69) is 9.61 Å². The maximum Gasteiger partial charge on any atom is 0.295 e. The van der Waals surface area contributed by atoms with Gasteiger partial charge in [-0.15, -0.1) is 0 Å². The zero-order valence-corrected chi connectivity index (χ0v) is 14.2. The molecule has 0 atom stereocenters.